The molecule has 2 aromatic carbocycles. The average Bonchev–Trinajstić information content (AvgIpc) is 3.27. The van der Waals surface area contributed by atoms with Crippen LogP contribution in [0.3, 0.4) is 0 Å². The van der Waals surface area contributed by atoms with Gasteiger partial charge in [-0.3, -0.25) is 4.79 Å². The van der Waals surface area contributed by atoms with E-state index in [0.717, 1.165) is 11.3 Å². The fourth-order valence-electron chi connectivity index (χ4n) is 2.58. The predicted molar refractivity (Wildman–Crippen MR) is 103 cm³/mol. The number of carbonyl (C=O) groups is 1. The van der Waals surface area contributed by atoms with Crippen molar-refractivity contribution in [1.29, 1.82) is 0 Å². The van der Waals surface area contributed by atoms with Gasteiger partial charge in [0.25, 0.3) is 5.91 Å². The van der Waals surface area contributed by atoms with Crippen LogP contribution < -0.4 is 10.1 Å². The summed E-state index contributed by atoms with van der Waals surface area (Å²) in [5, 5.41) is 16.3. The van der Waals surface area contributed by atoms with E-state index in [1.807, 2.05) is 42.5 Å². The number of tetrazole rings is 1. The molecule has 0 aliphatic heterocycles. The van der Waals surface area contributed by atoms with Crippen molar-refractivity contribution in [3.8, 4) is 17.0 Å². The SMILES string of the molecule is O=C(Nc1cccc(OCc2nn[nH]n2)c1)c1cccc(-c2ccccc2)n1. The zero-order valence-electron chi connectivity index (χ0n) is 14.7. The highest BCUT2D eigenvalue weighted by atomic mass is 16.5. The number of benzene rings is 2. The van der Waals surface area contributed by atoms with Crippen molar-refractivity contribution in [3.05, 3.63) is 84.3 Å². The van der Waals surface area contributed by atoms with Gasteiger partial charge in [0.15, 0.2) is 6.61 Å². The lowest BCUT2D eigenvalue weighted by atomic mass is 10.1. The zero-order chi connectivity index (χ0) is 19.2. The van der Waals surface area contributed by atoms with Gasteiger partial charge in [-0.1, -0.05) is 47.7 Å². The van der Waals surface area contributed by atoms with Gasteiger partial charge in [0, 0.05) is 17.3 Å². The summed E-state index contributed by atoms with van der Waals surface area (Å²) in [6, 6.07) is 22.1. The molecule has 0 fully saturated rings. The summed E-state index contributed by atoms with van der Waals surface area (Å²) < 4.78 is 5.60. The normalized spacial score (nSPS) is 10.4. The maximum Gasteiger partial charge on any atom is 0.274 e. The first kappa shape index (κ1) is 17.3. The minimum absolute atomic E-state index is 0.175. The Bertz CT molecular complexity index is 1070. The van der Waals surface area contributed by atoms with Crippen LogP contribution in [0.4, 0.5) is 5.69 Å². The second-order valence-electron chi connectivity index (χ2n) is 5.87. The highest BCUT2D eigenvalue weighted by Gasteiger charge is 2.10. The molecule has 4 rings (SSSR count). The van der Waals surface area contributed by atoms with Gasteiger partial charge >= 0.3 is 0 Å². The number of aromatic amines is 1. The van der Waals surface area contributed by atoms with Gasteiger partial charge in [-0.15, -0.1) is 10.2 Å². The van der Waals surface area contributed by atoms with Crippen molar-refractivity contribution in [2.75, 3.05) is 5.32 Å². The van der Waals surface area contributed by atoms with Crippen LogP contribution in [0.5, 0.6) is 5.75 Å². The highest BCUT2D eigenvalue weighted by molar-refractivity contribution is 6.03. The first-order chi connectivity index (χ1) is 13.8. The second kappa shape index (κ2) is 8.09. The van der Waals surface area contributed by atoms with Gasteiger partial charge in [0.2, 0.25) is 5.82 Å². The fraction of sp³-hybridized carbons (Fsp3) is 0.0500. The molecule has 0 saturated carbocycles. The predicted octanol–water partition coefficient (Wildman–Crippen LogP) is 3.09. The number of hydrogen-bond donors (Lipinski definition) is 2. The summed E-state index contributed by atoms with van der Waals surface area (Å²) in [6.45, 7) is 0.175. The van der Waals surface area contributed by atoms with Crippen molar-refractivity contribution in [1.82, 2.24) is 25.6 Å². The van der Waals surface area contributed by atoms with Crippen LogP contribution in [0, 0.1) is 0 Å². The number of H-pyrrole nitrogens is 1. The number of pyridine rings is 1. The van der Waals surface area contributed by atoms with E-state index in [2.05, 4.69) is 30.9 Å². The molecule has 138 valence electrons. The maximum absolute atomic E-state index is 12.6. The van der Waals surface area contributed by atoms with Gasteiger partial charge in [-0.2, -0.15) is 5.21 Å². The summed E-state index contributed by atoms with van der Waals surface area (Å²) in [7, 11) is 0. The summed E-state index contributed by atoms with van der Waals surface area (Å²) in [5.41, 5.74) is 2.63. The molecule has 0 saturated heterocycles. The molecule has 0 aliphatic carbocycles. The van der Waals surface area contributed by atoms with Crippen LogP contribution in [0.25, 0.3) is 11.3 Å². The molecular weight excluding hydrogens is 356 g/mol. The Kier molecular flexibility index (Phi) is 5.01. The molecule has 8 nitrogen and oxygen atoms in total. The minimum Gasteiger partial charge on any atom is -0.485 e. The molecule has 1 amide bonds. The van der Waals surface area contributed by atoms with Gasteiger partial charge in [-0.05, 0) is 24.3 Å². The van der Waals surface area contributed by atoms with Crippen LogP contribution in [0.2, 0.25) is 0 Å². The van der Waals surface area contributed by atoms with Crippen molar-refractivity contribution in [2.24, 2.45) is 0 Å². The third kappa shape index (κ3) is 4.18. The Labute approximate surface area is 160 Å². The number of anilines is 1. The number of carbonyl (C=O) groups excluding carboxylic acids is 1. The lowest BCUT2D eigenvalue weighted by Crippen LogP contribution is -2.14. The molecule has 2 aromatic heterocycles. The topological polar surface area (TPSA) is 106 Å². The number of amides is 1. The van der Waals surface area contributed by atoms with E-state index in [4.69, 9.17) is 4.74 Å². The molecule has 4 aromatic rings. The third-order valence-corrected chi connectivity index (χ3v) is 3.90. The molecule has 0 spiro atoms. The molecular formula is C20H16N6O2. The second-order valence-corrected chi connectivity index (χ2v) is 5.87. The quantitative estimate of drug-likeness (QED) is 0.539. The van der Waals surface area contributed by atoms with E-state index in [-0.39, 0.29) is 12.5 Å². The van der Waals surface area contributed by atoms with Gasteiger partial charge in [0.05, 0.1) is 5.69 Å². The third-order valence-electron chi connectivity index (χ3n) is 3.90. The number of ether oxygens (including phenoxy) is 1. The Morgan fingerprint density at radius 1 is 1.00 bits per heavy atom. The number of hydrogen-bond acceptors (Lipinski definition) is 6. The van der Waals surface area contributed by atoms with Crippen molar-refractivity contribution in [2.45, 2.75) is 6.61 Å². The van der Waals surface area contributed by atoms with Crippen molar-refractivity contribution >= 4 is 11.6 Å². The Balaban J connectivity index is 1.46. The first-order valence-corrected chi connectivity index (χ1v) is 8.57. The molecule has 0 unspecified atom stereocenters. The zero-order valence-corrected chi connectivity index (χ0v) is 14.7. The lowest BCUT2D eigenvalue weighted by molar-refractivity contribution is 0.102. The van der Waals surface area contributed by atoms with Crippen LogP contribution in [0.1, 0.15) is 16.3 Å². The minimum atomic E-state index is -0.298. The molecule has 28 heavy (non-hydrogen) atoms. The summed E-state index contributed by atoms with van der Waals surface area (Å²) in [6.07, 6.45) is 0. The van der Waals surface area contributed by atoms with E-state index in [9.17, 15) is 4.79 Å². The van der Waals surface area contributed by atoms with Gasteiger partial charge < -0.3 is 10.1 Å². The highest BCUT2D eigenvalue weighted by Crippen LogP contribution is 2.20. The first-order valence-electron chi connectivity index (χ1n) is 8.57. The summed E-state index contributed by atoms with van der Waals surface area (Å²) in [5.74, 6) is 0.720. The van der Waals surface area contributed by atoms with E-state index < -0.39 is 0 Å². The van der Waals surface area contributed by atoms with Crippen molar-refractivity contribution in [3.63, 3.8) is 0 Å². The summed E-state index contributed by atoms with van der Waals surface area (Å²) >= 11 is 0. The molecule has 0 bridgehead atoms. The molecule has 8 heteroatoms. The average molecular weight is 372 g/mol. The summed E-state index contributed by atoms with van der Waals surface area (Å²) in [4.78, 5) is 17.1. The number of aromatic nitrogens is 5. The smallest absolute Gasteiger partial charge is 0.274 e. The molecule has 0 atom stereocenters. The Morgan fingerprint density at radius 3 is 2.68 bits per heavy atom. The van der Waals surface area contributed by atoms with Crippen LogP contribution in [-0.4, -0.2) is 31.5 Å². The van der Waals surface area contributed by atoms with E-state index in [1.54, 1.807) is 30.3 Å². The van der Waals surface area contributed by atoms with E-state index in [1.165, 1.54) is 0 Å². The number of rotatable bonds is 6. The number of nitrogens with zero attached hydrogens (tertiary/aromatic N) is 4. The largest absolute Gasteiger partial charge is 0.485 e. The fourth-order valence-corrected chi connectivity index (χ4v) is 2.58. The molecule has 0 radical (unpaired) electrons. The molecule has 2 N–H and O–H groups in total. The van der Waals surface area contributed by atoms with E-state index in [0.29, 0.717) is 23.0 Å². The van der Waals surface area contributed by atoms with Gasteiger partial charge in [-0.25, -0.2) is 4.98 Å². The van der Waals surface area contributed by atoms with Crippen LogP contribution >= 0.6 is 0 Å². The van der Waals surface area contributed by atoms with Crippen LogP contribution in [-0.2, 0) is 6.61 Å². The lowest BCUT2D eigenvalue weighted by Gasteiger charge is -2.09. The van der Waals surface area contributed by atoms with Crippen molar-refractivity contribution < 1.29 is 9.53 Å². The Hall–Kier alpha value is -4.07. The standard InChI is InChI=1S/C20H16N6O2/c27-20(18-11-5-10-17(22-18)14-6-2-1-3-7-14)21-15-8-4-9-16(12-15)28-13-19-23-25-26-24-19/h1-12H,13H2,(H,21,27)(H,23,24,25,26). The number of nitrogens with one attached hydrogen (secondary N) is 2. The monoisotopic (exact) mass is 372 g/mol. The van der Waals surface area contributed by atoms with Gasteiger partial charge in [0.1, 0.15) is 11.4 Å². The van der Waals surface area contributed by atoms with Crippen LogP contribution in [0.15, 0.2) is 72.8 Å². The van der Waals surface area contributed by atoms with E-state index >= 15 is 0 Å². The maximum atomic E-state index is 12.6. The molecule has 0 aliphatic rings. The Morgan fingerprint density at radius 2 is 1.86 bits per heavy atom. The molecule has 2 heterocycles.